The average molecular weight is 313 g/mol. The lowest BCUT2D eigenvalue weighted by atomic mass is 9.78. The monoisotopic (exact) mass is 313 g/mol. The molecule has 2 aliphatic carbocycles. The molecule has 1 aromatic rings. The summed E-state index contributed by atoms with van der Waals surface area (Å²) in [6.07, 6.45) is 12.1. The molecular formula is C21H31NO. The van der Waals surface area contributed by atoms with Crippen LogP contribution < -0.4 is 0 Å². The van der Waals surface area contributed by atoms with Crippen LogP contribution in [0.2, 0.25) is 0 Å². The predicted octanol–water partition coefficient (Wildman–Crippen LogP) is 5.68. The molecule has 2 nitrogen and oxygen atoms in total. The van der Waals surface area contributed by atoms with Crippen molar-refractivity contribution in [2.45, 2.75) is 77.2 Å². The summed E-state index contributed by atoms with van der Waals surface area (Å²) in [5.41, 5.74) is 2.04. The zero-order valence-electron chi connectivity index (χ0n) is 14.7. The van der Waals surface area contributed by atoms with Gasteiger partial charge in [0.25, 0.3) is 0 Å². The fourth-order valence-electron chi connectivity index (χ4n) is 4.37. The lowest BCUT2D eigenvalue weighted by Gasteiger charge is -2.31. The van der Waals surface area contributed by atoms with Crippen LogP contribution in [0.25, 0.3) is 0 Å². The van der Waals surface area contributed by atoms with Gasteiger partial charge in [-0.25, -0.2) is 0 Å². The summed E-state index contributed by atoms with van der Waals surface area (Å²) < 4.78 is 0. The summed E-state index contributed by atoms with van der Waals surface area (Å²) in [6, 6.07) is 6.60. The fourth-order valence-corrected chi connectivity index (χ4v) is 4.37. The molecule has 0 amide bonds. The number of nitrogens with zero attached hydrogens (tertiary/aromatic N) is 1. The molecule has 3 rings (SSSR count). The molecule has 126 valence electrons. The molecule has 3 atom stereocenters. The normalized spacial score (nSPS) is 29.9. The van der Waals surface area contributed by atoms with Crippen LogP contribution in [0, 0.1) is 11.8 Å². The van der Waals surface area contributed by atoms with Gasteiger partial charge in [0.1, 0.15) is 5.75 Å². The molecule has 2 fully saturated rings. The van der Waals surface area contributed by atoms with E-state index in [9.17, 15) is 5.11 Å². The van der Waals surface area contributed by atoms with E-state index in [0.29, 0.717) is 23.6 Å². The highest BCUT2D eigenvalue weighted by molar-refractivity contribution is 5.84. The second-order valence-electron chi connectivity index (χ2n) is 7.73. The van der Waals surface area contributed by atoms with Crippen molar-refractivity contribution < 1.29 is 5.11 Å². The highest BCUT2D eigenvalue weighted by Crippen LogP contribution is 2.38. The van der Waals surface area contributed by atoms with Gasteiger partial charge in [-0.1, -0.05) is 58.1 Å². The van der Waals surface area contributed by atoms with Crippen LogP contribution in [-0.2, 0) is 0 Å². The molecule has 0 aromatic heterocycles. The number of rotatable bonds is 3. The number of hydrogen-bond acceptors (Lipinski definition) is 2. The Balaban J connectivity index is 1.76. The Bertz CT molecular complexity index is 545. The van der Waals surface area contributed by atoms with E-state index in [1.165, 1.54) is 51.4 Å². The molecule has 0 saturated heterocycles. The lowest BCUT2D eigenvalue weighted by molar-refractivity contribution is 0.242. The number of para-hydroxylation sites is 1. The van der Waals surface area contributed by atoms with Gasteiger partial charge in [-0.15, -0.1) is 0 Å². The number of aliphatic imine (C=N–C) groups is 1. The molecule has 2 saturated carbocycles. The summed E-state index contributed by atoms with van der Waals surface area (Å²) in [4.78, 5) is 4.85. The van der Waals surface area contributed by atoms with E-state index in [2.05, 4.69) is 26.0 Å². The second kappa shape index (κ2) is 7.51. The van der Waals surface area contributed by atoms with Crippen LogP contribution in [0.1, 0.15) is 82.3 Å². The third-order valence-electron chi connectivity index (χ3n) is 6.21. The topological polar surface area (TPSA) is 32.6 Å². The zero-order valence-corrected chi connectivity index (χ0v) is 14.7. The van der Waals surface area contributed by atoms with E-state index in [1.807, 2.05) is 12.3 Å². The Hall–Kier alpha value is -1.31. The van der Waals surface area contributed by atoms with E-state index in [4.69, 9.17) is 4.99 Å². The largest absolute Gasteiger partial charge is 0.507 e. The first kappa shape index (κ1) is 16.5. The fraction of sp³-hybridized carbons (Fsp3) is 0.667. The average Bonchev–Trinajstić information content (AvgIpc) is 2.58. The molecule has 1 aromatic carbocycles. The number of aromatic hydroxyl groups is 1. The molecule has 0 bridgehead atoms. The van der Waals surface area contributed by atoms with E-state index < -0.39 is 0 Å². The van der Waals surface area contributed by atoms with Crippen molar-refractivity contribution in [1.29, 1.82) is 0 Å². The molecule has 2 heteroatoms. The molecular weight excluding hydrogens is 282 g/mol. The predicted molar refractivity (Wildman–Crippen MR) is 97.5 cm³/mol. The molecule has 0 radical (unpaired) electrons. The van der Waals surface area contributed by atoms with Crippen LogP contribution in [0.4, 0.5) is 0 Å². The molecule has 0 heterocycles. The van der Waals surface area contributed by atoms with E-state index in [1.54, 1.807) is 0 Å². The zero-order chi connectivity index (χ0) is 16.2. The first-order chi connectivity index (χ1) is 11.2. The minimum atomic E-state index is 0.413. The standard InChI is InChI=1S/C21H31NO/c1-15-8-6-13-20(16(15)2)22-14-18-11-7-12-19(21(18)23)17-9-4-3-5-10-17/h7,11-12,14-17,20,23H,3-6,8-10,13H2,1-2H3. The SMILES string of the molecule is CC1CCCC(N=Cc2cccc(C3CCCCC3)c2O)C1C. The van der Waals surface area contributed by atoms with Crippen molar-refractivity contribution in [2.75, 3.05) is 0 Å². The van der Waals surface area contributed by atoms with Gasteiger partial charge in [-0.3, -0.25) is 4.99 Å². The molecule has 2 aliphatic rings. The van der Waals surface area contributed by atoms with Crippen molar-refractivity contribution in [1.82, 2.24) is 0 Å². The molecule has 0 aliphatic heterocycles. The van der Waals surface area contributed by atoms with Crippen LogP contribution in [0.3, 0.4) is 0 Å². The highest BCUT2D eigenvalue weighted by atomic mass is 16.3. The minimum absolute atomic E-state index is 0.413. The van der Waals surface area contributed by atoms with Crippen molar-refractivity contribution in [3.05, 3.63) is 29.3 Å². The third-order valence-corrected chi connectivity index (χ3v) is 6.21. The number of hydrogen-bond donors (Lipinski definition) is 1. The van der Waals surface area contributed by atoms with Crippen LogP contribution in [0.15, 0.2) is 23.2 Å². The van der Waals surface area contributed by atoms with Gasteiger partial charge in [-0.2, -0.15) is 0 Å². The second-order valence-corrected chi connectivity index (χ2v) is 7.73. The van der Waals surface area contributed by atoms with Crippen LogP contribution >= 0.6 is 0 Å². The quantitative estimate of drug-likeness (QED) is 0.715. The molecule has 1 N–H and O–H groups in total. The molecule has 0 spiro atoms. The van der Waals surface area contributed by atoms with Crippen LogP contribution in [0.5, 0.6) is 5.75 Å². The maximum atomic E-state index is 10.7. The van der Waals surface area contributed by atoms with Gasteiger partial charge in [0.05, 0.1) is 6.04 Å². The van der Waals surface area contributed by atoms with Gasteiger partial charge in [0, 0.05) is 11.8 Å². The molecule has 23 heavy (non-hydrogen) atoms. The Morgan fingerprint density at radius 2 is 1.78 bits per heavy atom. The number of phenolic OH excluding ortho intramolecular Hbond substituents is 1. The van der Waals surface area contributed by atoms with Crippen molar-refractivity contribution in [3.8, 4) is 5.75 Å². The maximum absolute atomic E-state index is 10.7. The van der Waals surface area contributed by atoms with E-state index >= 15 is 0 Å². The van der Waals surface area contributed by atoms with Crippen molar-refractivity contribution >= 4 is 6.21 Å². The van der Waals surface area contributed by atoms with E-state index in [0.717, 1.165) is 17.0 Å². The first-order valence-corrected chi connectivity index (χ1v) is 9.52. The summed E-state index contributed by atoms with van der Waals surface area (Å²) in [7, 11) is 0. The Morgan fingerprint density at radius 1 is 1.00 bits per heavy atom. The van der Waals surface area contributed by atoms with Crippen molar-refractivity contribution in [2.24, 2.45) is 16.8 Å². The lowest BCUT2D eigenvalue weighted by Crippen LogP contribution is -2.27. The summed E-state index contributed by atoms with van der Waals surface area (Å²) >= 11 is 0. The van der Waals surface area contributed by atoms with Gasteiger partial charge < -0.3 is 5.11 Å². The van der Waals surface area contributed by atoms with Gasteiger partial charge in [0.2, 0.25) is 0 Å². The van der Waals surface area contributed by atoms with Crippen molar-refractivity contribution in [3.63, 3.8) is 0 Å². The van der Waals surface area contributed by atoms with Crippen LogP contribution in [-0.4, -0.2) is 17.4 Å². The summed E-state index contributed by atoms with van der Waals surface area (Å²) in [5, 5.41) is 10.7. The maximum Gasteiger partial charge on any atom is 0.127 e. The summed E-state index contributed by atoms with van der Waals surface area (Å²) in [5.74, 6) is 2.40. The Kier molecular flexibility index (Phi) is 5.40. The summed E-state index contributed by atoms with van der Waals surface area (Å²) in [6.45, 7) is 4.66. The highest BCUT2D eigenvalue weighted by Gasteiger charge is 2.26. The first-order valence-electron chi connectivity index (χ1n) is 9.52. The van der Waals surface area contributed by atoms with Gasteiger partial charge in [0.15, 0.2) is 0 Å². The molecule has 3 unspecified atom stereocenters. The Morgan fingerprint density at radius 3 is 2.57 bits per heavy atom. The third kappa shape index (κ3) is 3.79. The number of phenols is 1. The minimum Gasteiger partial charge on any atom is -0.507 e. The Labute approximate surface area is 141 Å². The van der Waals surface area contributed by atoms with Gasteiger partial charge in [-0.05, 0) is 48.6 Å². The number of benzene rings is 1. The smallest absolute Gasteiger partial charge is 0.127 e. The van der Waals surface area contributed by atoms with Gasteiger partial charge >= 0.3 is 0 Å². The van der Waals surface area contributed by atoms with E-state index in [-0.39, 0.29) is 0 Å².